The Morgan fingerprint density at radius 2 is 1.88 bits per heavy atom. The monoisotopic (exact) mass is 244 g/mol. The number of rotatable bonds is 10. The van der Waals surface area contributed by atoms with Crippen molar-refractivity contribution in [3.63, 3.8) is 0 Å². The standard InChI is InChI=1S/C13H28N2O2/c1-12(13-9-14-10-13)11-15(6-8-17-3)5-4-7-16-2/h12-14H,4-11H2,1-3H3. The van der Waals surface area contributed by atoms with Crippen LogP contribution in [0.15, 0.2) is 0 Å². The highest BCUT2D eigenvalue weighted by molar-refractivity contribution is 4.81. The maximum atomic E-state index is 5.18. The molecule has 0 aromatic heterocycles. The first-order valence-electron chi connectivity index (χ1n) is 6.69. The second-order valence-corrected chi connectivity index (χ2v) is 5.04. The van der Waals surface area contributed by atoms with E-state index < -0.39 is 0 Å². The fourth-order valence-corrected chi connectivity index (χ4v) is 2.22. The summed E-state index contributed by atoms with van der Waals surface area (Å²) in [6.07, 6.45) is 1.11. The van der Waals surface area contributed by atoms with Gasteiger partial charge in [-0.2, -0.15) is 0 Å². The molecular formula is C13H28N2O2. The summed E-state index contributed by atoms with van der Waals surface area (Å²) in [5.41, 5.74) is 0. The van der Waals surface area contributed by atoms with E-state index >= 15 is 0 Å². The largest absolute Gasteiger partial charge is 0.385 e. The molecule has 0 aliphatic carbocycles. The van der Waals surface area contributed by atoms with Gasteiger partial charge in [-0.05, 0) is 31.3 Å². The average Bonchev–Trinajstić information content (AvgIpc) is 2.23. The van der Waals surface area contributed by atoms with E-state index in [1.54, 1.807) is 14.2 Å². The summed E-state index contributed by atoms with van der Waals surface area (Å²) in [5, 5.41) is 3.35. The molecule has 4 heteroatoms. The van der Waals surface area contributed by atoms with Gasteiger partial charge in [0.2, 0.25) is 0 Å². The lowest BCUT2D eigenvalue weighted by Crippen LogP contribution is -2.48. The topological polar surface area (TPSA) is 33.7 Å². The third-order valence-corrected chi connectivity index (χ3v) is 3.60. The summed E-state index contributed by atoms with van der Waals surface area (Å²) >= 11 is 0. The smallest absolute Gasteiger partial charge is 0.0589 e. The van der Waals surface area contributed by atoms with Crippen LogP contribution >= 0.6 is 0 Å². The summed E-state index contributed by atoms with van der Waals surface area (Å²) in [5.74, 6) is 1.64. The van der Waals surface area contributed by atoms with Gasteiger partial charge < -0.3 is 19.7 Å². The van der Waals surface area contributed by atoms with Crippen LogP contribution in [-0.2, 0) is 9.47 Å². The molecule has 1 heterocycles. The van der Waals surface area contributed by atoms with Crippen molar-refractivity contribution < 1.29 is 9.47 Å². The average molecular weight is 244 g/mol. The summed E-state index contributed by atoms with van der Waals surface area (Å²) < 4.78 is 10.3. The van der Waals surface area contributed by atoms with Gasteiger partial charge in [0.15, 0.2) is 0 Å². The molecule has 0 saturated carbocycles. The SMILES string of the molecule is COCCCN(CCOC)CC(C)C1CNC1. The molecule has 1 atom stereocenters. The maximum absolute atomic E-state index is 5.18. The van der Waals surface area contributed by atoms with Crippen LogP contribution in [0.5, 0.6) is 0 Å². The van der Waals surface area contributed by atoms with E-state index in [0.717, 1.165) is 44.6 Å². The molecule has 0 aromatic carbocycles. The zero-order chi connectivity index (χ0) is 12.5. The minimum absolute atomic E-state index is 0.774. The number of ether oxygens (including phenoxy) is 2. The molecule has 1 saturated heterocycles. The van der Waals surface area contributed by atoms with Gasteiger partial charge in [0.05, 0.1) is 6.61 Å². The van der Waals surface area contributed by atoms with Gasteiger partial charge in [0.1, 0.15) is 0 Å². The first-order valence-corrected chi connectivity index (χ1v) is 6.69. The van der Waals surface area contributed by atoms with Crippen molar-refractivity contribution in [3.8, 4) is 0 Å². The van der Waals surface area contributed by atoms with E-state index in [0.29, 0.717) is 0 Å². The summed E-state index contributed by atoms with van der Waals surface area (Å²) in [6, 6.07) is 0. The Kier molecular flexibility index (Phi) is 7.77. The highest BCUT2D eigenvalue weighted by Crippen LogP contribution is 2.17. The fraction of sp³-hybridized carbons (Fsp3) is 1.00. The molecule has 1 aliphatic heterocycles. The molecule has 1 N–H and O–H groups in total. The molecule has 1 fully saturated rings. The van der Waals surface area contributed by atoms with Crippen LogP contribution in [0.2, 0.25) is 0 Å². The lowest BCUT2D eigenvalue weighted by atomic mass is 9.88. The van der Waals surface area contributed by atoms with Crippen LogP contribution in [0.25, 0.3) is 0 Å². The van der Waals surface area contributed by atoms with E-state index in [-0.39, 0.29) is 0 Å². The van der Waals surface area contributed by atoms with Gasteiger partial charge in [0.25, 0.3) is 0 Å². The molecule has 0 amide bonds. The zero-order valence-corrected chi connectivity index (χ0v) is 11.6. The van der Waals surface area contributed by atoms with Crippen LogP contribution in [0, 0.1) is 11.8 Å². The lowest BCUT2D eigenvalue weighted by Gasteiger charge is -2.35. The Hall–Kier alpha value is -0.160. The second kappa shape index (κ2) is 8.86. The Labute approximate surface area is 106 Å². The number of nitrogens with one attached hydrogen (secondary N) is 1. The summed E-state index contributed by atoms with van der Waals surface area (Å²) in [4.78, 5) is 2.51. The van der Waals surface area contributed by atoms with Crippen molar-refractivity contribution in [2.24, 2.45) is 11.8 Å². The maximum Gasteiger partial charge on any atom is 0.0589 e. The van der Waals surface area contributed by atoms with E-state index in [2.05, 4.69) is 17.1 Å². The van der Waals surface area contributed by atoms with E-state index in [4.69, 9.17) is 9.47 Å². The molecule has 0 aromatic rings. The molecule has 1 rings (SSSR count). The summed E-state index contributed by atoms with van der Waals surface area (Å²) in [6.45, 7) is 9.74. The number of hydrogen-bond acceptors (Lipinski definition) is 4. The van der Waals surface area contributed by atoms with Gasteiger partial charge in [0, 0.05) is 40.5 Å². The molecule has 1 unspecified atom stereocenters. The Balaban J connectivity index is 2.22. The van der Waals surface area contributed by atoms with Crippen molar-refractivity contribution in [3.05, 3.63) is 0 Å². The zero-order valence-electron chi connectivity index (χ0n) is 11.6. The molecule has 17 heavy (non-hydrogen) atoms. The molecule has 102 valence electrons. The van der Waals surface area contributed by atoms with Crippen molar-refractivity contribution >= 4 is 0 Å². The van der Waals surface area contributed by atoms with Gasteiger partial charge >= 0.3 is 0 Å². The Bertz CT molecular complexity index is 186. The van der Waals surface area contributed by atoms with Crippen molar-refractivity contribution in [1.29, 1.82) is 0 Å². The third kappa shape index (κ3) is 5.82. The molecule has 4 nitrogen and oxygen atoms in total. The normalized spacial score (nSPS) is 18.4. The van der Waals surface area contributed by atoms with Gasteiger partial charge in [-0.3, -0.25) is 0 Å². The predicted octanol–water partition coefficient (Wildman–Crippen LogP) is 0.827. The van der Waals surface area contributed by atoms with Crippen LogP contribution in [0.3, 0.4) is 0 Å². The fourth-order valence-electron chi connectivity index (χ4n) is 2.22. The van der Waals surface area contributed by atoms with Crippen LogP contribution in [0.4, 0.5) is 0 Å². The van der Waals surface area contributed by atoms with Gasteiger partial charge in [-0.15, -0.1) is 0 Å². The van der Waals surface area contributed by atoms with Crippen molar-refractivity contribution in [1.82, 2.24) is 10.2 Å². The van der Waals surface area contributed by atoms with E-state index in [1.165, 1.54) is 19.6 Å². The number of methoxy groups -OCH3 is 2. The van der Waals surface area contributed by atoms with Crippen LogP contribution < -0.4 is 5.32 Å². The molecule has 0 radical (unpaired) electrons. The first-order chi connectivity index (χ1) is 8.27. The third-order valence-electron chi connectivity index (χ3n) is 3.60. The lowest BCUT2D eigenvalue weighted by molar-refractivity contribution is 0.107. The van der Waals surface area contributed by atoms with E-state index in [1.807, 2.05) is 0 Å². The van der Waals surface area contributed by atoms with Gasteiger partial charge in [-0.1, -0.05) is 6.92 Å². The van der Waals surface area contributed by atoms with Crippen LogP contribution in [-0.4, -0.2) is 65.1 Å². The van der Waals surface area contributed by atoms with Crippen molar-refractivity contribution in [2.75, 3.05) is 60.2 Å². The molecule has 1 aliphatic rings. The highest BCUT2D eigenvalue weighted by atomic mass is 16.5. The second-order valence-electron chi connectivity index (χ2n) is 5.04. The Morgan fingerprint density at radius 1 is 1.18 bits per heavy atom. The number of nitrogens with zero attached hydrogens (tertiary/aromatic N) is 1. The minimum Gasteiger partial charge on any atom is -0.385 e. The molecule has 0 spiro atoms. The highest BCUT2D eigenvalue weighted by Gasteiger charge is 2.24. The van der Waals surface area contributed by atoms with Crippen molar-refractivity contribution in [2.45, 2.75) is 13.3 Å². The van der Waals surface area contributed by atoms with E-state index in [9.17, 15) is 0 Å². The summed E-state index contributed by atoms with van der Waals surface area (Å²) in [7, 11) is 3.54. The predicted molar refractivity (Wildman–Crippen MR) is 70.3 cm³/mol. The van der Waals surface area contributed by atoms with Crippen LogP contribution in [0.1, 0.15) is 13.3 Å². The number of hydrogen-bond donors (Lipinski definition) is 1. The Morgan fingerprint density at radius 3 is 2.41 bits per heavy atom. The quantitative estimate of drug-likeness (QED) is 0.577. The molecule has 0 bridgehead atoms. The van der Waals surface area contributed by atoms with Gasteiger partial charge in [-0.25, -0.2) is 0 Å². The molecular weight excluding hydrogens is 216 g/mol. The first kappa shape index (κ1) is 14.9. The minimum atomic E-state index is 0.774.